The Morgan fingerprint density at radius 2 is 1.85 bits per heavy atom. The number of nitrogens with zero attached hydrogens (tertiary/aromatic N) is 1. The Hall–Kier alpha value is -0.830. The molecule has 13 heavy (non-hydrogen) atoms. The van der Waals surface area contributed by atoms with E-state index in [9.17, 15) is 9.59 Å². The van der Waals surface area contributed by atoms with Gasteiger partial charge in [0.15, 0.2) is 0 Å². The molecule has 0 bridgehead atoms. The number of halogens is 1. The molecule has 0 aliphatic carbocycles. The van der Waals surface area contributed by atoms with Crippen LogP contribution in [-0.4, -0.2) is 23.8 Å². The molecule has 3 nitrogen and oxygen atoms in total. The van der Waals surface area contributed by atoms with Crippen LogP contribution in [0.4, 0.5) is 0 Å². The van der Waals surface area contributed by atoms with Crippen LogP contribution in [0.2, 0.25) is 0 Å². The minimum atomic E-state index is -0.376. The molecule has 0 N–H and O–H groups in total. The standard InChI is InChI=1S/C7H8ClNO2.C2H6/c1-4-5(8)3-6(10)9(2)7(4)11;1-2/h3-4H,1-2H3;1-2H3. The molecule has 1 atom stereocenters. The summed E-state index contributed by atoms with van der Waals surface area (Å²) in [4.78, 5) is 23.1. The summed E-state index contributed by atoms with van der Waals surface area (Å²) in [6.07, 6.45) is 1.27. The Morgan fingerprint density at radius 3 is 2.31 bits per heavy atom. The lowest BCUT2D eigenvalue weighted by Gasteiger charge is -2.22. The summed E-state index contributed by atoms with van der Waals surface area (Å²) < 4.78 is 0. The number of rotatable bonds is 0. The summed E-state index contributed by atoms with van der Waals surface area (Å²) in [6.45, 7) is 5.67. The van der Waals surface area contributed by atoms with Gasteiger partial charge in [-0.3, -0.25) is 14.5 Å². The Bertz CT molecular complexity index is 248. The van der Waals surface area contributed by atoms with Crippen LogP contribution < -0.4 is 0 Å². The van der Waals surface area contributed by atoms with Crippen molar-refractivity contribution < 1.29 is 9.59 Å². The van der Waals surface area contributed by atoms with Gasteiger partial charge in [0, 0.05) is 18.2 Å². The van der Waals surface area contributed by atoms with Crippen molar-refractivity contribution >= 4 is 23.4 Å². The number of carbonyl (C=O) groups is 2. The Balaban J connectivity index is 0.000000671. The zero-order valence-corrected chi connectivity index (χ0v) is 9.05. The fourth-order valence-electron chi connectivity index (χ4n) is 0.857. The van der Waals surface area contributed by atoms with Gasteiger partial charge in [-0.25, -0.2) is 0 Å². The molecule has 2 amide bonds. The molecule has 0 aromatic rings. The van der Waals surface area contributed by atoms with E-state index in [1.54, 1.807) is 6.92 Å². The number of carbonyl (C=O) groups excluding carboxylic acids is 2. The fraction of sp³-hybridized carbons (Fsp3) is 0.556. The third-order valence-corrected chi connectivity index (χ3v) is 2.14. The summed E-state index contributed by atoms with van der Waals surface area (Å²) >= 11 is 5.61. The van der Waals surface area contributed by atoms with Gasteiger partial charge in [-0.1, -0.05) is 25.4 Å². The van der Waals surface area contributed by atoms with Crippen molar-refractivity contribution in [3.8, 4) is 0 Å². The van der Waals surface area contributed by atoms with Crippen LogP contribution >= 0.6 is 11.6 Å². The third kappa shape index (κ3) is 2.56. The van der Waals surface area contributed by atoms with E-state index in [1.807, 2.05) is 13.8 Å². The normalized spacial score (nSPS) is 22.1. The summed E-state index contributed by atoms with van der Waals surface area (Å²) in [7, 11) is 1.45. The molecule has 0 aromatic carbocycles. The van der Waals surface area contributed by atoms with Crippen molar-refractivity contribution in [1.82, 2.24) is 4.90 Å². The van der Waals surface area contributed by atoms with E-state index in [2.05, 4.69) is 0 Å². The van der Waals surface area contributed by atoms with E-state index < -0.39 is 0 Å². The highest BCUT2D eigenvalue weighted by Crippen LogP contribution is 2.21. The number of likely N-dealkylation sites (N-methyl/N-ethyl adjacent to an activating group) is 1. The molecule has 1 rings (SSSR count). The molecular weight excluding hydrogens is 190 g/mol. The molecule has 74 valence electrons. The molecule has 1 unspecified atom stereocenters. The highest BCUT2D eigenvalue weighted by Gasteiger charge is 2.28. The smallest absolute Gasteiger partial charge is 0.254 e. The molecule has 0 spiro atoms. The zero-order valence-electron chi connectivity index (χ0n) is 8.30. The van der Waals surface area contributed by atoms with Crippen molar-refractivity contribution in [3.05, 3.63) is 11.1 Å². The summed E-state index contributed by atoms with van der Waals surface area (Å²) in [5, 5.41) is 0.318. The molecule has 0 saturated heterocycles. The van der Waals surface area contributed by atoms with Crippen molar-refractivity contribution in [1.29, 1.82) is 0 Å². The number of hydrogen-bond donors (Lipinski definition) is 0. The molecule has 0 fully saturated rings. The Labute approximate surface area is 83.4 Å². The first-order chi connectivity index (χ1) is 6.04. The Kier molecular flexibility index (Phi) is 4.70. The molecule has 1 aliphatic heterocycles. The SMILES string of the molecule is CC.CC1C(=O)N(C)C(=O)C=C1Cl. The van der Waals surface area contributed by atoms with Gasteiger partial charge in [0.25, 0.3) is 5.91 Å². The van der Waals surface area contributed by atoms with Crippen molar-refractivity contribution in [2.45, 2.75) is 20.8 Å². The lowest BCUT2D eigenvalue weighted by Crippen LogP contribution is -2.39. The van der Waals surface area contributed by atoms with Gasteiger partial charge in [-0.2, -0.15) is 0 Å². The first kappa shape index (κ1) is 12.2. The average Bonchev–Trinajstić information content (AvgIpc) is 2.15. The summed E-state index contributed by atoms with van der Waals surface area (Å²) in [5.41, 5.74) is 0. The predicted molar refractivity (Wildman–Crippen MR) is 52.2 cm³/mol. The van der Waals surface area contributed by atoms with Gasteiger partial charge >= 0.3 is 0 Å². The van der Waals surface area contributed by atoms with Gasteiger partial charge in [-0.05, 0) is 6.92 Å². The van der Waals surface area contributed by atoms with E-state index in [0.29, 0.717) is 5.03 Å². The maximum Gasteiger partial charge on any atom is 0.254 e. The molecule has 0 radical (unpaired) electrons. The van der Waals surface area contributed by atoms with Crippen LogP contribution in [0.25, 0.3) is 0 Å². The van der Waals surface area contributed by atoms with Crippen molar-refractivity contribution in [3.63, 3.8) is 0 Å². The van der Waals surface area contributed by atoms with Crippen LogP contribution in [0.15, 0.2) is 11.1 Å². The first-order valence-electron chi connectivity index (χ1n) is 4.22. The second-order valence-electron chi connectivity index (χ2n) is 2.49. The van der Waals surface area contributed by atoms with E-state index in [1.165, 1.54) is 13.1 Å². The second-order valence-corrected chi connectivity index (χ2v) is 2.92. The van der Waals surface area contributed by atoms with E-state index in [4.69, 9.17) is 11.6 Å². The van der Waals surface area contributed by atoms with Gasteiger partial charge in [0.2, 0.25) is 5.91 Å². The maximum atomic E-state index is 11.1. The van der Waals surface area contributed by atoms with Gasteiger partial charge in [-0.15, -0.1) is 0 Å². The summed E-state index contributed by atoms with van der Waals surface area (Å²) in [5.74, 6) is -0.972. The molecule has 1 aliphatic rings. The van der Waals surface area contributed by atoms with Crippen molar-refractivity contribution in [2.24, 2.45) is 5.92 Å². The van der Waals surface area contributed by atoms with Crippen LogP contribution in [-0.2, 0) is 9.59 Å². The maximum absolute atomic E-state index is 11.1. The van der Waals surface area contributed by atoms with E-state index in [-0.39, 0.29) is 17.7 Å². The quantitative estimate of drug-likeness (QED) is 0.563. The molecule has 4 heteroatoms. The Morgan fingerprint density at radius 1 is 1.38 bits per heavy atom. The predicted octanol–water partition coefficient (Wildman–Crippen LogP) is 1.77. The number of hydrogen-bond acceptors (Lipinski definition) is 2. The highest BCUT2D eigenvalue weighted by molar-refractivity contribution is 6.34. The molecule has 0 saturated carbocycles. The van der Waals surface area contributed by atoms with Crippen molar-refractivity contribution in [2.75, 3.05) is 7.05 Å². The lowest BCUT2D eigenvalue weighted by atomic mass is 10.1. The van der Waals surface area contributed by atoms with Crippen LogP contribution in [0.1, 0.15) is 20.8 Å². The second kappa shape index (κ2) is 5.02. The van der Waals surface area contributed by atoms with Crippen LogP contribution in [0.5, 0.6) is 0 Å². The largest absolute Gasteiger partial charge is 0.282 e. The lowest BCUT2D eigenvalue weighted by molar-refractivity contribution is -0.143. The summed E-state index contributed by atoms with van der Waals surface area (Å²) in [6, 6.07) is 0. The average molecular weight is 204 g/mol. The molecular formula is C9H14ClNO2. The van der Waals surface area contributed by atoms with Gasteiger partial charge < -0.3 is 0 Å². The number of imide groups is 1. The third-order valence-electron chi connectivity index (χ3n) is 1.71. The van der Waals surface area contributed by atoms with E-state index in [0.717, 1.165) is 4.90 Å². The van der Waals surface area contributed by atoms with E-state index >= 15 is 0 Å². The van der Waals surface area contributed by atoms with Gasteiger partial charge in [0.05, 0.1) is 5.92 Å². The topological polar surface area (TPSA) is 37.4 Å². The first-order valence-corrected chi connectivity index (χ1v) is 4.60. The highest BCUT2D eigenvalue weighted by atomic mass is 35.5. The number of amides is 2. The fourth-order valence-corrected chi connectivity index (χ4v) is 1.04. The minimum Gasteiger partial charge on any atom is -0.282 e. The minimum absolute atomic E-state index is 0.248. The van der Waals surface area contributed by atoms with Gasteiger partial charge in [0.1, 0.15) is 0 Å². The van der Waals surface area contributed by atoms with Crippen LogP contribution in [0, 0.1) is 5.92 Å². The van der Waals surface area contributed by atoms with Crippen LogP contribution in [0.3, 0.4) is 0 Å². The monoisotopic (exact) mass is 203 g/mol. The molecule has 0 aromatic heterocycles. The molecule has 1 heterocycles. The zero-order chi connectivity index (χ0) is 10.6.